The van der Waals surface area contributed by atoms with E-state index in [0.717, 1.165) is 28.1 Å². The first-order chi connectivity index (χ1) is 28.8. The first-order valence-electron chi connectivity index (χ1n) is 19.8. The fraction of sp³-hybridized carbons (Fsp3) is 0. The van der Waals surface area contributed by atoms with Gasteiger partial charge in [0, 0.05) is 37.3 Å². The fourth-order valence-corrected chi connectivity index (χ4v) is 16.1. The number of para-hydroxylation sites is 3. The zero-order chi connectivity index (χ0) is 38.2. The zero-order valence-corrected chi connectivity index (χ0v) is 33.3. The number of nitrogens with zero attached hydrogens (tertiary/aromatic N) is 3. The predicted molar refractivity (Wildman–Crippen MR) is 249 cm³/mol. The fourth-order valence-electron chi connectivity index (χ4n) is 9.64. The van der Waals surface area contributed by atoms with E-state index in [1.807, 2.05) is 11.3 Å². The molecular weight excluding hydrogens is 739 g/mol. The van der Waals surface area contributed by atoms with Crippen molar-refractivity contribution in [3.05, 3.63) is 212 Å². The maximum Gasteiger partial charge on any atom is 0.181 e. The van der Waals surface area contributed by atoms with Crippen molar-refractivity contribution in [2.75, 3.05) is 0 Å². The van der Waals surface area contributed by atoms with Crippen LogP contribution >= 0.6 is 11.3 Å². The van der Waals surface area contributed by atoms with Gasteiger partial charge in [0.1, 0.15) is 5.82 Å². The van der Waals surface area contributed by atoms with Gasteiger partial charge < -0.3 is 4.57 Å². The molecule has 0 N–H and O–H groups in total. The van der Waals surface area contributed by atoms with Crippen molar-refractivity contribution < 1.29 is 0 Å². The molecule has 0 spiro atoms. The van der Waals surface area contributed by atoms with E-state index in [0.29, 0.717) is 0 Å². The molecule has 0 aliphatic carbocycles. The highest BCUT2D eigenvalue weighted by atomic mass is 32.1. The molecule has 0 aliphatic rings. The van der Waals surface area contributed by atoms with Gasteiger partial charge in [0.15, 0.2) is 8.07 Å². The smallest absolute Gasteiger partial charge is 0.181 e. The lowest BCUT2D eigenvalue weighted by Crippen LogP contribution is -2.74. The number of benzene rings is 8. The van der Waals surface area contributed by atoms with Crippen molar-refractivity contribution in [2.24, 2.45) is 0 Å². The number of hydrogen-bond acceptors (Lipinski definition) is 2. The molecule has 5 heteroatoms. The molecule has 0 atom stereocenters. The third-order valence-electron chi connectivity index (χ3n) is 12.1. The van der Waals surface area contributed by atoms with Crippen molar-refractivity contribution in [1.29, 1.82) is 0 Å². The Morgan fingerprint density at radius 2 is 0.828 bits per heavy atom. The van der Waals surface area contributed by atoms with Gasteiger partial charge in [-0.25, -0.2) is 4.98 Å². The highest BCUT2D eigenvalue weighted by molar-refractivity contribution is 7.30. The largest absolute Gasteiger partial charge is 0.309 e. The summed E-state index contributed by atoms with van der Waals surface area (Å²) in [6.07, 6.45) is 0. The Balaban J connectivity index is 1.21. The molecule has 8 aromatic carbocycles. The van der Waals surface area contributed by atoms with Crippen LogP contribution in [0.1, 0.15) is 0 Å². The minimum Gasteiger partial charge on any atom is -0.309 e. The molecule has 58 heavy (non-hydrogen) atoms. The molecular formula is C53H35N3SSi. The molecule has 272 valence electrons. The van der Waals surface area contributed by atoms with Gasteiger partial charge in [0.05, 0.1) is 32.3 Å². The molecule has 0 bridgehead atoms. The van der Waals surface area contributed by atoms with E-state index in [9.17, 15) is 0 Å². The van der Waals surface area contributed by atoms with Gasteiger partial charge in [0.2, 0.25) is 0 Å². The predicted octanol–water partition coefficient (Wildman–Crippen LogP) is 11.0. The Hall–Kier alpha value is -7.05. The van der Waals surface area contributed by atoms with Crippen LogP contribution in [0.2, 0.25) is 0 Å². The summed E-state index contributed by atoms with van der Waals surface area (Å²) < 4.78 is 7.33. The summed E-state index contributed by atoms with van der Waals surface area (Å²) in [5.41, 5.74) is 6.88. The summed E-state index contributed by atoms with van der Waals surface area (Å²) in [4.78, 5) is 5.71. The Kier molecular flexibility index (Phi) is 7.42. The van der Waals surface area contributed by atoms with Crippen LogP contribution in [0.15, 0.2) is 212 Å². The van der Waals surface area contributed by atoms with E-state index >= 15 is 0 Å². The number of fused-ring (bicyclic) bond motifs is 9. The van der Waals surface area contributed by atoms with Crippen LogP contribution in [-0.4, -0.2) is 22.2 Å². The van der Waals surface area contributed by atoms with Crippen molar-refractivity contribution in [3.8, 4) is 11.5 Å². The Morgan fingerprint density at radius 3 is 1.40 bits per heavy atom. The molecule has 4 aromatic heterocycles. The molecule has 4 heterocycles. The number of rotatable bonds is 6. The average Bonchev–Trinajstić information content (AvgIpc) is 3.95. The Bertz CT molecular complexity index is 3360. The van der Waals surface area contributed by atoms with Gasteiger partial charge in [-0.1, -0.05) is 164 Å². The summed E-state index contributed by atoms with van der Waals surface area (Å²) in [5, 5.41) is 11.5. The number of aromatic nitrogens is 3. The molecule has 12 aromatic rings. The van der Waals surface area contributed by atoms with Gasteiger partial charge in [-0.05, 0) is 69.3 Å². The third-order valence-corrected chi connectivity index (χ3v) is 18.2. The second-order valence-electron chi connectivity index (χ2n) is 15.1. The summed E-state index contributed by atoms with van der Waals surface area (Å²) >= 11 is 1.87. The lowest BCUT2D eigenvalue weighted by atomic mass is 10.1. The minimum atomic E-state index is -2.95. The molecule has 0 aliphatic heterocycles. The minimum absolute atomic E-state index is 0.932. The van der Waals surface area contributed by atoms with Crippen molar-refractivity contribution in [2.45, 2.75) is 0 Å². The Morgan fingerprint density at radius 1 is 0.379 bits per heavy atom. The third kappa shape index (κ3) is 4.75. The molecule has 0 saturated heterocycles. The summed E-state index contributed by atoms with van der Waals surface area (Å²) in [5.74, 6) is 0.932. The topological polar surface area (TPSA) is 22.8 Å². The Labute approximate surface area is 340 Å². The van der Waals surface area contributed by atoms with E-state index in [2.05, 4.69) is 221 Å². The molecule has 0 saturated carbocycles. The molecule has 3 nitrogen and oxygen atoms in total. The highest BCUT2D eigenvalue weighted by Crippen LogP contribution is 2.38. The van der Waals surface area contributed by atoms with Crippen LogP contribution in [0.3, 0.4) is 0 Å². The zero-order valence-electron chi connectivity index (χ0n) is 31.5. The summed E-state index contributed by atoms with van der Waals surface area (Å²) in [7, 11) is -2.95. The number of pyridine rings is 1. The van der Waals surface area contributed by atoms with Crippen LogP contribution in [0.4, 0.5) is 0 Å². The number of hydrogen-bond donors (Lipinski definition) is 0. The second kappa shape index (κ2) is 13.0. The molecule has 0 amide bonds. The molecule has 0 fully saturated rings. The van der Waals surface area contributed by atoms with E-state index in [1.165, 1.54) is 68.1 Å². The number of thiophene rings is 1. The van der Waals surface area contributed by atoms with Gasteiger partial charge in [-0.15, -0.1) is 11.3 Å². The van der Waals surface area contributed by atoms with Crippen LogP contribution in [0, 0.1) is 0 Å². The quantitative estimate of drug-likeness (QED) is 0.122. The van der Waals surface area contributed by atoms with Crippen LogP contribution < -0.4 is 20.7 Å². The van der Waals surface area contributed by atoms with Gasteiger partial charge >= 0.3 is 0 Å². The van der Waals surface area contributed by atoms with E-state index < -0.39 is 8.07 Å². The van der Waals surface area contributed by atoms with Crippen LogP contribution in [0.5, 0.6) is 0 Å². The van der Waals surface area contributed by atoms with Gasteiger partial charge in [-0.3, -0.25) is 4.57 Å². The van der Waals surface area contributed by atoms with Crippen molar-refractivity contribution >= 4 is 104 Å². The molecule has 0 unspecified atom stereocenters. The highest BCUT2D eigenvalue weighted by Gasteiger charge is 2.43. The van der Waals surface area contributed by atoms with E-state index in [1.54, 1.807) is 0 Å². The van der Waals surface area contributed by atoms with Crippen molar-refractivity contribution in [1.82, 2.24) is 14.1 Å². The maximum absolute atomic E-state index is 5.71. The second-order valence-corrected chi connectivity index (χ2v) is 19.9. The lowest BCUT2D eigenvalue weighted by Gasteiger charge is -2.35. The summed E-state index contributed by atoms with van der Waals surface area (Å²) in [6, 6.07) is 78.2. The van der Waals surface area contributed by atoms with E-state index in [-0.39, 0.29) is 0 Å². The van der Waals surface area contributed by atoms with Crippen molar-refractivity contribution in [3.63, 3.8) is 0 Å². The molecule has 12 rings (SSSR count). The maximum atomic E-state index is 5.71. The average molecular weight is 774 g/mol. The lowest BCUT2D eigenvalue weighted by molar-refractivity contribution is 1.10. The molecule has 0 radical (unpaired) electrons. The van der Waals surface area contributed by atoms with E-state index in [4.69, 9.17) is 4.98 Å². The van der Waals surface area contributed by atoms with Gasteiger partial charge in [0.25, 0.3) is 0 Å². The summed E-state index contributed by atoms with van der Waals surface area (Å²) in [6.45, 7) is 0. The first-order valence-corrected chi connectivity index (χ1v) is 22.6. The normalized spacial score (nSPS) is 12.1. The SMILES string of the molecule is c1ccc([Si](c2ccccc2)(c2ccccc2)c2cc(-n3c4ccccc4c4cc(-n5c6ccccc6c6ccccc65)ccc43)nc3c2sc2ccccc23)cc1. The standard InChI is InChI=1S/C53H35N3SSi/c1-4-18-37(19-5-1)58(38-20-6-2-7-21-38,39-22-8-3-9-23-39)50-35-51(54-52-43-27-13-17-31-49(43)57-53(50)52)56-47-30-16-12-26-42(47)44-34-36(32-33-48(44)56)55-45-28-14-10-24-40(45)41-25-11-15-29-46(41)55/h1-35H. The van der Waals surface area contributed by atoms with Gasteiger partial charge in [-0.2, -0.15) is 0 Å². The first kappa shape index (κ1) is 33.1. The van der Waals surface area contributed by atoms with Crippen LogP contribution in [0.25, 0.3) is 75.4 Å². The van der Waals surface area contributed by atoms with Crippen LogP contribution in [-0.2, 0) is 0 Å². The monoisotopic (exact) mass is 773 g/mol.